The van der Waals surface area contributed by atoms with E-state index in [0.717, 1.165) is 48.1 Å². The van der Waals surface area contributed by atoms with Crippen LogP contribution in [-0.4, -0.2) is 39.5 Å². The molecule has 1 aromatic heterocycles. The smallest absolute Gasteiger partial charge is 0.187 e. The molecule has 1 unspecified atom stereocenters. The Kier molecular flexibility index (Phi) is 7.63. The first-order chi connectivity index (χ1) is 9.98. The summed E-state index contributed by atoms with van der Waals surface area (Å²) in [6.45, 7) is 11.4. The van der Waals surface area contributed by atoms with E-state index >= 15 is 0 Å². The monoisotopic (exact) mass is 311 g/mol. The Bertz CT molecular complexity index is 424. The van der Waals surface area contributed by atoms with Gasteiger partial charge < -0.3 is 10.4 Å². The molecule has 0 bridgehead atoms. The summed E-state index contributed by atoms with van der Waals surface area (Å²) in [5, 5.41) is 13.9. The van der Waals surface area contributed by atoms with Crippen LogP contribution in [0.15, 0.2) is 5.16 Å². The predicted molar refractivity (Wildman–Crippen MR) is 90.0 cm³/mol. The molecule has 4 nitrogen and oxygen atoms in total. The Hall–Kier alpha value is -0.650. The molecule has 0 fully saturated rings. The average Bonchev–Trinajstić information content (AvgIpc) is 2.48. The molecule has 0 saturated carbocycles. The Morgan fingerprint density at radius 1 is 1.14 bits per heavy atom. The van der Waals surface area contributed by atoms with Crippen LogP contribution in [-0.2, 0) is 0 Å². The van der Waals surface area contributed by atoms with E-state index < -0.39 is 0 Å². The Morgan fingerprint density at radius 2 is 1.76 bits per heavy atom. The lowest BCUT2D eigenvalue weighted by Crippen LogP contribution is -2.48. The molecule has 0 amide bonds. The first-order valence-electron chi connectivity index (χ1n) is 7.78. The topological polar surface area (TPSA) is 58.0 Å². The minimum Gasteiger partial charge on any atom is -0.394 e. The van der Waals surface area contributed by atoms with Gasteiger partial charge in [0, 0.05) is 22.7 Å². The van der Waals surface area contributed by atoms with E-state index in [9.17, 15) is 5.11 Å². The summed E-state index contributed by atoms with van der Waals surface area (Å²) >= 11 is 1.71. The molecule has 120 valence electrons. The number of thioether (sulfide) groups is 1. The molecular formula is C16H29N3OS. The van der Waals surface area contributed by atoms with Gasteiger partial charge in [0.05, 0.1) is 6.61 Å². The van der Waals surface area contributed by atoms with Gasteiger partial charge in [-0.1, -0.05) is 25.6 Å². The maximum atomic E-state index is 9.63. The molecule has 1 aromatic rings. The molecular weight excluding hydrogens is 282 g/mol. The number of hydrogen-bond acceptors (Lipinski definition) is 5. The number of rotatable bonds is 9. The lowest BCUT2D eigenvalue weighted by molar-refractivity contribution is 0.148. The predicted octanol–water partition coefficient (Wildman–Crippen LogP) is 3.02. The minimum absolute atomic E-state index is 0.130. The Morgan fingerprint density at radius 3 is 2.24 bits per heavy atom. The summed E-state index contributed by atoms with van der Waals surface area (Å²) in [5.74, 6) is 0.981. The highest BCUT2D eigenvalue weighted by Crippen LogP contribution is 2.22. The van der Waals surface area contributed by atoms with Gasteiger partial charge >= 0.3 is 0 Å². The second kappa shape index (κ2) is 8.71. The van der Waals surface area contributed by atoms with Crippen molar-refractivity contribution in [1.82, 2.24) is 15.3 Å². The fraction of sp³-hybridized carbons (Fsp3) is 0.750. The van der Waals surface area contributed by atoms with E-state index in [0.29, 0.717) is 0 Å². The third kappa shape index (κ3) is 5.24. The van der Waals surface area contributed by atoms with Gasteiger partial charge in [-0.25, -0.2) is 9.97 Å². The first kappa shape index (κ1) is 18.4. The van der Waals surface area contributed by atoms with E-state index in [1.807, 2.05) is 13.8 Å². The van der Waals surface area contributed by atoms with Crippen molar-refractivity contribution >= 4 is 11.8 Å². The highest BCUT2D eigenvalue weighted by Gasteiger charge is 2.25. The molecule has 0 saturated heterocycles. The third-order valence-electron chi connectivity index (χ3n) is 4.17. The number of aryl methyl sites for hydroxylation is 2. The van der Waals surface area contributed by atoms with Gasteiger partial charge in [0.25, 0.3) is 0 Å². The van der Waals surface area contributed by atoms with Gasteiger partial charge in [0.15, 0.2) is 5.16 Å². The number of aliphatic hydroxyl groups excluding tert-OH is 1. The first-order valence-corrected chi connectivity index (χ1v) is 8.77. The van der Waals surface area contributed by atoms with E-state index in [1.165, 1.54) is 5.56 Å². The van der Waals surface area contributed by atoms with E-state index in [4.69, 9.17) is 0 Å². The average molecular weight is 311 g/mol. The summed E-state index contributed by atoms with van der Waals surface area (Å²) in [5.41, 5.74) is 3.18. The fourth-order valence-corrected chi connectivity index (χ4v) is 3.27. The number of likely N-dealkylation sites (N-methyl/N-ethyl adjacent to an activating group) is 1. The van der Waals surface area contributed by atoms with E-state index in [-0.39, 0.29) is 12.1 Å². The van der Waals surface area contributed by atoms with Gasteiger partial charge in [-0.2, -0.15) is 0 Å². The van der Waals surface area contributed by atoms with Crippen molar-refractivity contribution in [2.45, 2.75) is 64.6 Å². The molecule has 0 aliphatic heterocycles. The standard InChI is InChI=1S/C16H29N3OS/c1-6-16(11-20,17-7-2)9-8-10-21-15-18-13(4)12(3)14(5)19-15/h17,20H,6-11H2,1-5H3. The van der Waals surface area contributed by atoms with Crippen LogP contribution in [0.25, 0.3) is 0 Å². The zero-order chi connectivity index (χ0) is 15.9. The van der Waals surface area contributed by atoms with Gasteiger partial charge in [-0.05, 0) is 52.1 Å². The Labute approximate surface area is 133 Å². The van der Waals surface area contributed by atoms with Gasteiger partial charge in [-0.15, -0.1) is 0 Å². The number of aliphatic hydroxyl groups is 1. The lowest BCUT2D eigenvalue weighted by atomic mass is 9.91. The Balaban J connectivity index is 2.50. The molecule has 5 heteroatoms. The second-order valence-electron chi connectivity index (χ2n) is 5.58. The van der Waals surface area contributed by atoms with Crippen LogP contribution in [0.5, 0.6) is 0 Å². The maximum Gasteiger partial charge on any atom is 0.187 e. The van der Waals surface area contributed by atoms with Crippen molar-refractivity contribution in [3.8, 4) is 0 Å². The van der Waals surface area contributed by atoms with Crippen molar-refractivity contribution in [3.05, 3.63) is 17.0 Å². The maximum absolute atomic E-state index is 9.63. The van der Waals surface area contributed by atoms with Crippen molar-refractivity contribution in [1.29, 1.82) is 0 Å². The molecule has 2 N–H and O–H groups in total. The van der Waals surface area contributed by atoms with Gasteiger partial charge in [0.1, 0.15) is 0 Å². The van der Waals surface area contributed by atoms with Crippen molar-refractivity contribution in [2.75, 3.05) is 18.9 Å². The van der Waals surface area contributed by atoms with Crippen LogP contribution in [0, 0.1) is 20.8 Å². The zero-order valence-corrected chi connectivity index (χ0v) is 14.8. The zero-order valence-electron chi connectivity index (χ0n) is 14.0. The number of aromatic nitrogens is 2. The van der Waals surface area contributed by atoms with E-state index in [1.54, 1.807) is 11.8 Å². The van der Waals surface area contributed by atoms with Crippen molar-refractivity contribution < 1.29 is 5.11 Å². The quantitative estimate of drug-likeness (QED) is 0.417. The van der Waals surface area contributed by atoms with Gasteiger partial charge in [-0.3, -0.25) is 0 Å². The molecule has 0 radical (unpaired) electrons. The molecule has 1 rings (SSSR count). The van der Waals surface area contributed by atoms with Crippen LogP contribution in [0.4, 0.5) is 0 Å². The molecule has 0 aliphatic rings. The molecule has 1 atom stereocenters. The SMILES string of the molecule is CCNC(CC)(CO)CCCSc1nc(C)c(C)c(C)n1. The molecule has 0 aromatic carbocycles. The molecule has 0 spiro atoms. The lowest BCUT2D eigenvalue weighted by Gasteiger charge is -2.31. The minimum atomic E-state index is -0.130. The van der Waals surface area contributed by atoms with Crippen molar-refractivity contribution in [3.63, 3.8) is 0 Å². The number of nitrogens with one attached hydrogen (secondary N) is 1. The van der Waals surface area contributed by atoms with Crippen LogP contribution >= 0.6 is 11.8 Å². The largest absolute Gasteiger partial charge is 0.394 e. The van der Waals surface area contributed by atoms with Crippen molar-refractivity contribution in [2.24, 2.45) is 0 Å². The number of hydrogen-bond donors (Lipinski definition) is 2. The van der Waals surface area contributed by atoms with Gasteiger partial charge in [0.2, 0.25) is 0 Å². The second-order valence-corrected chi connectivity index (χ2v) is 6.64. The summed E-state index contributed by atoms with van der Waals surface area (Å²) in [7, 11) is 0. The van der Waals surface area contributed by atoms with Crippen LogP contribution in [0.3, 0.4) is 0 Å². The molecule has 21 heavy (non-hydrogen) atoms. The normalized spacial score (nSPS) is 14.2. The number of nitrogens with zero attached hydrogens (tertiary/aromatic N) is 2. The fourth-order valence-electron chi connectivity index (χ4n) is 2.39. The highest BCUT2D eigenvalue weighted by molar-refractivity contribution is 7.99. The summed E-state index contributed by atoms with van der Waals surface area (Å²) in [6, 6.07) is 0. The summed E-state index contributed by atoms with van der Waals surface area (Å²) < 4.78 is 0. The molecule has 0 aliphatic carbocycles. The molecule has 1 heterocycles. The van der Waals surface area contributed by atoms with E-state index in [2.05, 4.69) is 36.1 Å². The van der Waals surface area contributed by atoms with Crippen LogP contribution < -0.4 is 5.32 Å². The van der Waals surface area contributed by atoms with Crippen LogP contribution in [0.1, 0.15) is 50.1 Å². The summed E-state index contributed by atoms with van der Waals surface area (Å²) in [6.07, 6.45) is 2.97. The third-order valence-corrected chi connectivity index (χ3v) is 5.11. The van der Waals surface area contributed by atoms with Crippen LogP contribution in [0.2, 0.25) is 0 Å². The highest BCUT2D eigenvalue weighted by atomic mass is 32.2. The summed E-state index contributed by atoms with van der Waals surface area (Å²) in [4.78, 5) is 9.06.